The molecule has 0 aliphatic rings. The van der Waals surface area contributed by atoms with Crippen LogP contribution in [0.1, 0.15) is 2.85 Å². The molecule has 0 bridgehead atoms. The molecule has 0 aromatic heterocycles. The molecule has 0 aliphatic carbocycles. The Bertz CT molecular complexity index is 64.1. The molecule has 2 nitrogen and oxygen atoms in total. The molecule has 0 spiro atoms. The monoisotopic (exact) mass is 196 g/mol. The molecule has 0 aromatic carbocycles. The molecule has 0 radical (unpaired) electrons. The molecule has 54 valence electrons. The minimum Gasteiger partial charge on any atom is -1.00 e. The van der Waals surface area contributed by atoms with E-state index in [0.29, 0.717) is 0 Å². The summed E-state index contributed by atoms with van der Waals surface area (Å²) in [5.74, 6) is 0.559. The Morgan fingerprint density at radius 1 is 1.11 bits per heavy atom. The molecular formula is C4H12CaO2S2. The van der Waals surface area contributed by atoms with Crippen molar-refractivity contribution < 1.29 is 13.1 Å². The first-order valence-corrected chi connectivity index (χ1v) is 3.56. The van der Waals surface area contributed by atoms with Crippen molar-refractivity contribution in [2.24, 2.45) is 0 Å². The summed E-state index contributed by atoms with van der Waals surface area (Å²) in [6.07, 6.45) is -1.48. The Labute approximate surface area is 98.8 Å². The summed E-state index contributed by atoms with van der Waals surface area (Å²) in [5.41, 5.74) is 0. The third-order valence-corrected chi connectivity index (χ3v) is 1.57. The van der Waals surface area contributed by atoms with E-state index in [1.807, 2.05) is 0 Å². The van der Waals surface area contributed by atoms with Gasteiger partial charge in [0.1, 0.15) is 0 Å². The smallest absolute Gasteiger partial charge is 1.00 e. The van der Waals surface area contributed by atoms with Crippen molar-refractivity contribution in [2.45, 2.75) is 12.2 Å². The first kappa shape index (κ1) is 13.5. The fourth-order valence-corrected chi connectivity index (χ4v) is 0.730. The molecule has 0 amide bonds. The largest absolute Gasteiger partial charge is 2.00 e. The van der Waals surface area contributed by atoms with E-state index < -0.39 is 12.2 Å². The predicted molar refractivity (Wildman–Crippen MR) is 47.7 cm³/mol. The van der Waals surface area contributed by atoms with Gasteiger partial charge in [0.2, 0.25) is 0 Å². The van der Waals surface area contributed by atoms with Gasteiger partial charge < -0.3 is 13.1 Å². The predicted octanol–water partition coefficient (Wildman–Crippen LogP) is -0.588. The van der Waals surface area contributed by atoms with E-state index in [-0.39, 0.29) is 52.1 Å². The molecule has 0 aliphatic heterocycles. The summed E-state index contributed by atoms with van der Waals surface area (Å²) in [6, 6.07) is 0. The number of hydrogen-bond donors (Lipinski definition) is 4. The number of thiol groups is 2. The normalized spacial score (nSPS) is 16.0. The van der Waals surface area contributed by atoms with Crippen LogP contribution in [0.2, 0.25) is 0 Å². The topological polar surface area (TPSA) is 40.5 Å². The molecule has 0 rings (SSSR count). The van der Waals surface area contributed by atoms with Gasteiger partial charge in [0.15, 0.2) is 0 Å². The molecule has 0 aromatic rings. The molecule has 0 saturated heterocycles. The van der Waals surface area contributed by atoms with E-state index in [2.05, 4.69) is 25.3 Å². The average molecular weight is 196 g/mol. The second kappa shape index (κ2) is 7.98. The number of rotatable bonds is 3. The Kier molecular flexibility index (Phi) is 11.9. The van der Waals surface area contributed by atoms with Gasteiger partial charge in [-0.25, -0.2) is 0 Å². The summed E-state index contributed by atoms with van der Waals surface area (Å²) in [4.78, 5) is 0. The van der Waals surface area contributed by atoms with Gasteiger partial charge in [-0.05, 0) is 0 Å². The molecule has 2 N–H and O–H groups in total. The number of aliphatic hydroxyl groups excluding tert-OH is 2. The van der Waals surface area contributed by atoms with Crippen LogP contribution in [0.4, 0.5) is 0 Å². The standard InChI is InChI=1S/C4H10O2S2.Ca.2H/c5-3(1-7)4(6)2-8;;;/h3-8H,1-2H2;;;/q;+2;2*-1. The minimum absolute atomic E-state index is 0. The Morgan fingerprint density at radius 3 is 1.44 bits per heavy atom. The van der Waals surface area contributed by atoms with Crippen molar-refractivity contribution >= 4 is 63.0 Å². The first-order valence-electron chi connectivity index (χ1n) is 2.30. The molecule has 9 heavy (non-hydrogen) atoms. The van der Waals surface area contributed by atoms with E-state index in [1.165, 1.54) is 0 Å². The Morgan fingerprint density at radius 2 is 1.33 bits per heavy atom. The van der Waals surface area contributed by atoms with Crippen LogP contribution in [0, 0.1) is 0 Å². The molecule has 0 heterocycles. The van der Waals surface area contributed by atoms with E-state index in [4.69, 9.17) is 10.2 Å². The zero-order valence-electron chi connectivity index (χ0n) is 7.06. The SMILES string of the molecule is OC(CS)C(O)CS.[Ca+2].[H-].[H-]. The molecular weight excluding hydrogens is 184 g/mol. The van der Waals surface area contributed by atoms with E-state index in [1.54, 1.807) is 0 Å². The van der Waals surface area contributed by atoms with Crippen LogP contribution in [0.3, 0.4) is 0 Å². The Hall–Kier alpha value is 1.88. The van der Waals surface area contributed by atoms with E-state index in [9.17, 15) is 0 Å². The van der Waals surface area contributed by atoms with Gasteiger partial charge in [0, 0.05) is 11.5 Å². The van der Waals surface area contributed by atoms with Crippen LogP contribution >= 0.6 is 25.3 Å². The maximum absolute atomic E-state index is 8.75. The van der Waals surface area contributed by atoms with Crippen LogP contribution in [-0.4, -0.2) is 71.7 Å². The van der Waals surface area contributed by atoms with Crippen molar-refractivity contribution in [2.75, 3.05) is 11.5 Å². The fourth-order valence-electron chi connectivity index (χ4n) is 0.243. The second-order valence-electron chi connectivity index (χ2n) is 1.50. The zero-order chi connectivity index (χ0) is 6.57. The molecule has 0 fully saturated rings. The summed E-state index contributed by atoms with van der Waals surface area (Å²) in [6.45, 7) is 0. The third-order valence-electron chi connectivity index (χ3n) is 0.818. The van der Waals surface area contributed by atoms with Crippen molar-refractivity contribution in [3.8, 4) is 0 Å². The van der Waals surface area contributed by atoms with Gasteiger partial charge in [-0.1, -0.05) is 0 Å². The maximum atomic E-state index is 8.75. The molecule has 0 saturated carbocycles. The van der Waals surface area contributed by atoms with Crippen LogP contribution < -0.4 is 0 Å². The fraction of sp³-hybridized carbons (Fsp3) is 1.00. The van der Waals surface area contributed by atoms with Crippen molar-refractivity contribution in [3.63, 3.8) is 0 Å². The van der Waals surface area contributed by atoms with Crippen LogP contribution in [0.15, 0.2) is 0 Å². The molecule has 2 atom stereocenters. The van der Waals surface area contributed by atoms with Gasteiger partial charge in [0.05, 0.1) is 12.2 Å². The molecule has 5 heteroatoms. The van der Waals surface area contributed by atoms with E-state index in [0.717, 1.165) is 0 Å². The minimum atomic E-state index is -0.740. The summed E-state index contributed by atoms with van der Waals surface area (Å²) in [5, 5.41) is 17.5. The van der Waals surface area contributed by atoms with Gasteiger partial charge in [0.25, 0.3) is 0 Å². The van der Waals surface area contributed by atoms with Crippen molar-refractivity contribution in [3.05, 3.63) is 0 Å². The second-order valence-corrected chi connectivity index (χ2v) is 2.23. The van der Waals surface area contributed by atoms with Gasteiger partial charge >= 0.3 is 37.7 Å². The summed E-state index contributed by atoms with van der Waals surface area (Å²) >= 11 is 7.53. The van der Waals surface area contributed by atoms with Crippen LogP contribution in [0.5, 0.6) is 0 Å². The quantitative estimate of drug-likeness (QED) is 0.360. The van der Waals surface area contributed by atoms with Crippen LogP contribution in [0.25, 0.3) is 0 Å². The zero-order valence-corrected chi connectivity index (χ0v) is 9.06. The van der Waals surface area contributed by atoms with E-state index >= 15 is 0 Å². The van der Waals surface area contributed by atoms with Crippen molar-refractivity contribution in [1.82, 2.24) is 0 Å². The van der Waals surface area contributed by atoms with Crippen molar-refractivity contribution in [1.29, 1.82) is 0 Å². The van der Waals surface area contributed by atoms with Gasteiger partial charge in [-0.2, -0.15) is 25.3 Å². The summed E-state index contributed by atoms with van der Waals surface area (Å²) in [7, 11) is 0. The maximum Gasteiger partial charge on any atom is 2.00 e. The third kappa shape index (κ3) is 6.28. The number of hydrogen-bond acceptors (Lipinski definition) is 4. The van der Waals surface area contributed by atoms with Gasteiger partial charge in [-0.15, -0.1) is 0 Å². The van der Waals surface area contributed by atoms with Crippen LogP contribution in [-0.2, 0) is 0 Å². The first-order chi connectivity index (χ1) is 3.72. The number of aliphatic hydroxyl groups is 2. The summed E-state index contributed by atoms with van der Waals surface area (Å²) < 4.78 is 0. The molecule has 2 unspecified atom stereocenters. The average Bonchev–Trinajstić information content (AvgIpc) is 1.84. The van der Waals surface area contributed by atoms with Gasteiger partial charge in [-0.3, -0.25) is 0 Å². The Balaban J connectivity index is -0.0000000817.